The standard InChI is InChI=1S/C12H18BrN3O3S/c1-8-10(6-9(13)7-11(8)14)12(17)15-4-3-5-16-20(2,18)19/h6-7,16H,3-5,14H2,1-2H3,(H,15,17). The first kappa shape index (κ1) is 16.9. The van der Waals surface area contributed by atoms with Gasteiger partial charge in [0.25, 0.3) is 5.91 Å². The first-order chi connectivity index (χ1) is 9.20. The molecular formula is C12H18BrN3O3S. The van der Waals surface area contributed by atoms with E-state index in [-0.39, 0.29) is 5.91 Å². The molecular weight excluding hydrogens is 346 g/mol. The Morgan fingerprint density at radius 1 is 1.35 bits per heavy atom. The number of nitrogens with one attached hydrogen (secondary N) is 2. The van der Waals surface area contributed by atoms with E-state index < -0.39 is 10.0 Å². The zero-order valence-corrected chi connectivity index (χ0v) is 13.8. The van der Waals surface area contributed by atoms with Crippen molar-refractivity contribution in [3.05, 3.63) is 27.7 Å². The van der Waals surface area contributed by atoms with Crippen molar-refractivity contribution in [2.24, 2.45) is 0 Å². The van der Waals surface area contributed by atoms with Gasteiger partial charge in [0.1, 0.15) is 0 Å². The Bertz CT molecular complexity index is 602. The van der Waals surface area contributed by atoms with E-state index in [2.05, 4.69) is 26.0 Å². The molecule has 0 bridgehead atoms. The van der Waals surface area contributed by atoms with Crippen LogP contribution >= 0.6 is 15.9 Å². The summed E-state index contributed by atoms with van der Waals surface area (Å²) in [7, 11) is -3.18. The number of benzene rings is 1. The minimum Gasteiger partial charge on any atom is -0.398 e. The smallest absolute Gasteiger partial charge is 0.251 e. The Morgan fingerprint density at radius 3 is 2.60 bits per heavy atom. The molecule has 0 spiro atoms. The average molecular weight is 364 g/mol. The zero-order valence-electron chi connectivity index (χ0n) is 11.4. The van der Waals surface area contributed by atoms with Crippen molar-refractivity contribution in [3.8, 4) is 0 Å². The maximum atomic E-state index is 12.0. The van der Waals surface area contributed by atoms with Crippen LogP contribution in [0.3, 0.4) is 0 Å². The molecule has 1 amide bonds. The van der Waals surface area contributed by atoms with Crippen molar-refractivity contribution >= 4 is 37.5 Å². The van der Waals surface area contributed by atoms with E-state index in [1.807, 2.05) is 0 Å². The van der Waals surface area contributed by atoms with Gasteiger partial charge in [-0.1, -0.05) is 15.9 Å². The molecule has 0 heterocycles. The predicted octanol–water partition coefficient (Wildman–Crippen LogP) is 1.01. The van der Waals surface area contributed by atoms with Gasteiger partial charge in [-0.25, -0.2) is 13.1 Å². The lowest BCUT2D eigenvalue weighted by Gasteiger charge is -2.10. The summed E-state index contributed by atoms with van der Waals surface area (Å²) in [6.07, 6.45) is 1.61. The van der Waals surface area contributed by atoms with Crippen LogP contribution in [-0.2, 0) is 10.0 Å². The van der Waals surface area contributed by atoms with Crippen LogP contribution in [0.2, 0.25) is 0 Å². The Hall–Kier alpha value is -1.12. The van der Waals surface area contributed by atoms with Gasteiger partial charge in [-0.05, 0) is 31.0 Å². The van der Waals surface area contributed by atoms with Crippen molar-refractivity contribution in [3.63, 3.8) is 0 Å². The maximum Gasteiger partial charge on any atom is 0.251 e. The summed E-state index contributed by atoms with van der Waals surface area (Å²) < 4.78 is 24.8. The molecule has 1 aromatic rings. The summed E-state index contributed by atoms with van der Waals surface area (Å²) in [5.74, 6) is -0.227. The molecule has 1 rings (SSSR count). The normalized spacial score (nSPS) is 11.3. The lowest BCUT2D eigenvalue weighted by molar-refractivity contribution is 0.0953. The van der Waals surface area contributed by atoms with Gasteiger partial charge in [0, 0.05) is 28.8 Å². The Kier molecular flexibility index (Phi) is 5.97. The van der Waals surface area contributed by atoms with Gasteiger partial charge in [-0.3, -0.25) is 4.79 Å². The number of halogens is 1. The lowest BCUT2D eigenvalue weighted by Crippen LogP contribution is -2.29. The van der Waals surface area contributed by atoms with Crippen LogP contribution in [-0.4, -0.2) is 33.7 Å². The minimum atomic E-state index is -3.18. The molecule has 8 heteroatoms. The minimum absolute atomic E-state index is 0.227. The second-order valence-corrected chi connectivity index (χ2v) is 7.19. The summed E-state index contributed by atoms with van der Waals surface area (Å²) in [6, 6.07) is 3.44. The van der Waals surface area contributed by atoms with Gasteiger partial charge in [0.05, 0.1) is 6.26 Å². The van der Waals surface area contributed by atoms with E-state index in [1.54, 1.807) is 19.1 Å². The molecule has 6 nitrogen and oxygen atoms in total. The third-order valence-corrected chi connectivity index (χ3v) is 3.85. The fraction of sp³-hybridized carbons (Fsp3) is 0.417. The number of anilines is 1. The van der Waals surface area contributed by atoms with Crippen LogP contribution in [0.1, 0.15) is 22.3 Å². The highest BCUT2D eigenvalue weighted by molar-refractivity contribution is 9.10. The monoisotopic (exact) mass is 363 g/mol. The van der Waals surface area contributed by atoms with Crippen molar-refractivity contribution in [2.45, 2.75) is 13.3 Å². The molecule has 0 aliphatic carbocycles. The number of sulfonamides is 1. The molecule has 112 valence electrons. The Labute approximate surface area is 127 Å². The van der Waals surface area contributed by atoms with Gasteiger partial charge in [0.2, 0.25) is 10.0 Å². The first-order valence-corrected chi connectivity index (χ1v) is 8.67. The number of nitrogens with two attached hydrogens (primary N) is 1. The van der Waals surface area contributed by atoms with Crippen LogP contribution in [0.5, 0.6) is 0 Å². The largest absolute Gasteiger partial charge is 0.398 e. The first-order valence-electron chi connectivity index (χ1n) is 5.99. The molecule has 0 saturated carbocycles. The number of rotatable bonds is 6. The molecule has 0 unspecified atom stereocenters. The van der Waals surface area contributed by atoms with Crippen LogP contribution in [0.15, 0.2) is 16.6 Å². The number of carbonyl (C=O) groups is 1. The summed E-state index contributed by atoms with van der Waals surface area (Å²) >= 11 is 3.29. The Morgan fingerprint density at radius 2 is 2.00 bits per heavy atom. The number of carbonyl (C=O) groups excluding carboxylic acids is 1. The lowest BCUT2D eigenvalue weighted by atomic mass is 10.1. The third-order valence-electron chi connectivity index (χ3n) is 2.66. The summed E-state index contributed by atoms with van der Waals surface area (Å²) in [4.78, 5) is 12.0. The van der Waals surface area contributed by atoms with Gasteiger partial charge in [0.15, 0.2) is 0 Å². The van der Waals surface area contributed by atoms with E-state index in [1.165, 1.54) is 0 Å². The van der Waals surface area contributed by atoms with Crippen molar-refractivity contribution < 1.29 is 13.2 Å². The number of amides is 1. The highest BCUT2D eigenvalue weighted by Gasteiger charge is 2.11. The van der Waals surface area contributed by atoms with Crippen LogP contribution in [0, 0.1) is 6.92 Å². The van der Waals surface area contributed by atoms with Gasteiger partial charge in [-0.2, -0.15) is 0 Å². The van der Waals surface area contributed by atoms with Crippen molar-refractivity contribution in [1.29, 1.82) is 0 Å². The third kappa shape index (κ3) is 5.48. The highest BCUT2D eigenvalue weighted by Crippen LogP contribution is 2.22. The molecule has 4 N–H and O–H groups in total. The molecule has 0 radical (unpaired) electrons. The van der Waals surface area contributed by atoms with E-state index >= 15 is 0 Å². The highest BCUT2D eigenvalue weighted by atomic mass is 79.9. The zero-order chi connectivity index (χ0) is 15.3. The molecule has 0 aliphatic heterocycles. The second-order valence-electron chi connectivity index (χ2n) is 4.44. The number of nitrogen functional groups attached to an aromatic ring is 1. The molecule has 20 heavy (non-hydrogen) atoms. The number of hydrogen-bond acceptors (Lipinski definition) is 4. The average Bonchev–Trinajstić information content (AvgIpc) is 2.31. The summed E-state index contributed by atoms with van der Waals surface area (Å²) in [5.41, 5.74) is 7.57. The SMILES string of the molecule is Cc1c(N)cc(Br)cc1C(=O)NCCCNS(C)(=O)=O. The van der Waals surface area contributed by atoms with E-state index in [0.717, 1.165) is 16.3 Å². The molecule has 0 atom stereocenters. The second kappa shape index (κ2) is 7.05. The van der Waals surface area contributed by atoms with Crippen LogP contribution in [0.4, 0.5) is 5.69 Å². The summed E-state index contributed by atoms with van der Waals surface area (Å²) in [6.45, 7) is 2.45. The maximum absolute atomic E-state index is 12.0. The van der Waals surface area contributed by atoms with E-state index in [0.29, 0.717) is 30.8 Å². The Balaban J connectivity index is 2.52. The fourth-order valence-electron chi connectivity index (χ4n) is 1.58. The molecule has 1 aromatic carbocycles. The molecule has 0 aliphatic rings. The predicted molar refractivity (Wildman–Crippen MR) is 83.1 cm³/mol. The van der Waals surface area contributed by atoms with Gasteiger partial charge < -0.3 is 11.1 Å². The van der Waals surface area contributed by atoms with E-state index in [9.17, 15) is 13.2 Å². The summed E-state index contributed by atoms with van der Waals surface area (Å²) in [5, 5.41) is 2.73. The molecule has 0 saturated heterocycles. The molecule has 0 fully saturated rings. The van der Waals surface area contributed by atoms with E-state index in [4.69, 9.17) is 5.73 Å². The van der Waals surface area contributed by atoms with Crippen molar-refractivity contribution in [1.82, 2.24) is 10.0 Å². The molecule has 0 aromatic heterocycles. The van der Waals surface area contributed by atoms with Gasteiger partial charge in [-0.15, -0.1) is 0 Å². The number of hydrogen-bond donors (Lipinski definition) is 3. The quantitative estimate of drug-likeness (QED) is 0.518. The van der Waals surface area contributed by atoms with Gasteiger partial charge >= 0.3 is 0 Å². The fourth-order valence-corrected chi connectivity index (χ4v) is 2.57. The van der Waals surface area contributed by atoms with Crippen LogP contribution in [0.25, 0.3) is 0 Å². The van der Waals surface area contributed by atoms with Crippen LogP contribution < -0.4 is 15.8 Å². The van der Waals surface area contributed by atoms with Crippen molar-refractivity contribution in [2.75, 3.05) is 25.1 Å². The topological polar surface area (TPSA) is 101 Å².